The van der Waals surface area contributed by atoms with Crippen LogP contribution in [-0.4, -0.2) is 26.4 Å². The van der Waals surface area contributed by atoms with Crippen LogP contribution in [0, 0.1) is 0 Å². The maximum absolute atomic E-state index is 11.2. The highest BCUT2D eigenvalue weighted by atomic mass is 16.5. The highest BCUT2D eigenvalue weighted by Gasteiger charge is 2.20. The average molecular weight is 377 g/mol. The minimum Gasteiger partial charge on any atom is -0.486 e. The monoisotopic (exact) mass is 377 g/mol. The van der Waals surface area contributed by atoms with E-state index in [-0.39, 0.29) is 18.4 Å². The zero-order valence-corrected chi connectivity index (χ0v) is 15.2. The number of aromatic amines is 1. The number of hydrogen-bond acceptors (Lipinski definition) is 5. The fraction of sp³-hybridized carbons (Fsp3) is 0.190. The summed E-state index contributed by atoms with van der Waals surface area (Å²) in [6.45, 7) is 1.98. The molecule has 0 aliphatic carbocycles. The molecule has 0 saturated carbocycles. The van der Waals surface area contributed by atoms with Crippen molar-refractivity contribution in [3.05, 3.63) is 77.8 Å². The summed E-state index contributed by atoms with van der Waals surface area (Å²) in [5.41, 5.74) is 3.44. The van der Waals surface area contributed by atoms with Crippen LogP contribution in [-0.2, 0) is 4.79 Å². The maximum Gasteiger partial charge on any atom is 0.304 e. The van der Waals surface area contributed by atoms with Gasteiger partial charge in [0.05, 0.1) is 23.8 Å². The molecular formula is C21H19N3O4. The number of nitrogens with one attached hydrogen (secondary N) is 1. The highest BCUT2D eigenvalue weighted by Crippen LogP contribution is 2.30. The number of nitrogens with zero attached hydrogens (tertiary/aromatic N) is 2. The lowest BCUT2D eigenvalue weighted by Gasteiger charge is -2.17. The number of ether oxygens (including phenoxy) is 1. The number of rotatable bonds is 7. The Hall–Kier alpha value is -3.61. The van der Waals surface area contributed by atoms with E-state index in [1.165, 1.54) is 6.26 Å². The molecule has 28 heavy (non-hydrogen) atoms. The van der Waals surface area contributed by atoms with Crippen LogP contribution in [0.3, 0.4) is 0 Å². The summed E-state index contributed by atoms with van der Waals surface area (Å²) in [5, 5.41) is 21.2. The van der Waals surface area contributed by atoms with Gasteiger partial charge in [-0.05, 0) is 36.2 Å². The second-order valence-corrected chi connectivity index (χ2v) is 6.62. The first-order chi connectivity index (χ1) is 13.6. The standard InChI is InChI=1S/C21H19N3O4/c1-13(15-2-3-16-12-22-23-20(16)10-15)28-17-6-4-14(5-7-17)18(11-21(25)26)19-8-9-27-24-19/h2-10,12-13,18H,11H2,1H3,(H,22,23)(H,25,26)/t13-,18?/m0/s1. The van der Waals surface area contributed by atoms with Gasteiger partial charge in [-0.2, -0.15) is 5.10 Å². The third-order valence-electron chi connectivity index (χ3n) is 4.72. The smallest absolute Gasteiger partial charge is 0.304 e. The number of benzene rings is 2. The van der Waals surface area contributed by atoms with Crippen molar-refractivity contribution in [1.29, 1.82) is 0 Å². The molecule has 4 rings (SSSR count). The third-order valence-corrected chi connectivity index (χ3v) is 4.72. The normalized spacial score (nSPS) is 13.3. The minimum absolute atomic E-state index is 0.0622. The van der Waals surface area contributed by atoms with Gasteiger partial charge in [-0.25, -0.2) is 0 Å². The van der Waals surface area contributed by atoms with Crippen LogP contribution in [0.1, 0.15) is 42.2 Å². The predicted molar refractivity (Wildman–Crippen MR) is 102 cm³/mol. The van der Waals surface area contributed by atoms with Gasteiger partial charge in [-0.15, -0.1) is 0 Å². The topological polar surface area (TPSA) is 101 Å². The molecule has 7 heteroatoms. The summed E-state index contributed by atoms with van der Waals surface area (Å²) in [7, 11) is 0. The number of aliphatic carboxylic acids is 1. The summed E-state index contributed by atoms with van der Waals surface area (Å²) < 4.78 is 10.9. The Morgan fingerprint density at radius 2 is 1.96 bits per heavy atom. The number of carboxylic acids is 1. The van der Waals surface area contributed by atoms with Gasteiger partial charge in [0.2, 0.25) is 0 Å². The van der Waals surface area contributed by atoms with Gasteiger partial charge in [0, 0.05) is 17.4 Å². The molecule has 2 N–H and O–H groups in total. The molecule has 0 spiro atoms. The van der Waals surface area contributed by atoms with Gasteiger partial charge in [0.15, 0.2) is 0 Å². The van der Waals surface area contributed by atoms with Gasteiger partial charge in [-0.3, -0.25) is 9.89 Å². The Labute approximate surface area is 160 Å². The molecule has 0 saturated heterocycles. The molecule has 0 amide bonds. The molecule has 2 aromatic heterocycles. The van der Waals surface area contributed by atoms with E-state index in [0.717, 1.165) is 22.0 Å². The number of hydrogen-bond donors (Lipinski definition) is 2. The Balaban J connectivity index is 1.51. The summed E-state index contributed by atoms with van der Waals surface area (Å²) in [6, 6.07) is 15.1. The number of carbonyl (C=O) groups is 1. The van der Waals surface area contributed by atoms with Crippen molar-refractivity contribution >= 4 is 16.9 Å². The molecule has 1 unspecified atom stereocenters. The van der Waals surface area contributed by atoms with Crippen molar-refractivity contribution in [1.82, 2.24) is 15.4 Å². The predicted octanol–water partition coefficient (Wildman–Crippen LogP) is 4.30. The lowest BCUT2D eigenvalue weighted by molar-refractivity contribution is -0.137. The van der Waals surface area contributed by atoms with Crippen molar-refractivity contribution in [2.75, 3.05) is 0 Å². The summed E-state index contributed by atoms with van der Waals surface area (Å²) >= 11 is 0. The Morgan fingerprint density at radius 3 is 2.68 bits per heavy atom. The Morgan fingerprint density at radius 1 is 1.18 bits per heavy atom. The first-order valence-corrected chi connectivity index (χ1v) is 8.92. The van der Waals surface area contributed by atoms with Crippen LogP contribution in [0.25, 0.3) is 10.9 Å². The SMILES string of the molecule is C[C@H](Oc1ccc(C(CC(=O)O)c2ccon2)cc1)c1ccc2cn[nH]c2c1. The molecule has 2 aromatic carbocycles. The summed E-state index contributed by atoms with van der Waals surface area (Å²) in [5.74, 6) is -0.558. The molecule has 4 aromatic rings. The first-order valence-electron chi connectivity index (χ1n) is 8.92. The number of aromatic nitrogens is 3. The number of fused-ring (bicyclic) bond motifs is 1. The van der Waals surface area contributed by atoms with Crippen LogP contribution in [0.4, 0.5) is 0 Å². The maximum atomic E-state index is 11.2. The number of H-pyrrole nitrogens is 1. The zero-order chi connectivity index (χ0) is 19.5. The van der Waals surface area contributed by atoms with E-state index in [9.17, 15) is 9.90 Å². The lowest BCUT2D eigenvalue weighted by atomic mass is 9.92. The molecule has 2 atom stereocenters. The highest BCUT2D eigenvalue weighted by molar-refractivity contribution is 5.78. The molecule has 7 nitrogen and oxygen atoms in total. The fourth-order valence-electron chi connectivity index (χ4n) is 3.23. The molecule has 0 radical (unpaired) electrons. The third kappa shape index (κ3) is 3.73. The molecule has 0 fully saturated rings. The second-order valence-electron chi connectivity index (χ2n) is 6.62. The van der Waals surface area contributed by atoms with E-state index in [4.69, 9.17) is 9.26 Å². The van der Waals surface area contributed by atoms with Gasteiger partial charge >= 0.3 is 5.97 Å². The van der Waals surface area contributed by atoms with E-state index in [2.05, 4.69) is 15.4 Å². The van der Waals surface area contributed by atoms with Crippen LogP contribution in [0.15, 0.2) is 65.5 Å². The molecular weight excluding hydrogens is 358 g/mol. The van der Waals surface area contributed by atoms with E-state index < -0.39 is 5.97 Å². The van der Waals surface area contributed by atoms with Gasteiger partial charge in [0.25, 0.3) is 0 Å². The molecule has 142 valence electrons. The van der Waals surface area contributed by atoms with E-state index in [1.807, 2.05) is 49.4 Å². The lowest BCUT2D eigenvalue weighted by Crippen LogP contribution is -2.08. The van der Waals surface area contributed by atoms with Crippen molar-refractivity contribution in [3.63, 3.8) is 0 Å². The second kappa shape index (κ2) is 7.56. The van der Waals surface area contributed by atoms with Gasteiger partial charge in [0.1, 0.15) is 18.1 Å². The fourth-order valence-corrected chi connectivity index (χ4v) is 3.23. The van der Waals surface area contributed by atoms with E-state index >= 15 is 0 Å². The minimum atomic E-state index is -0.892. The first kappa shape index (κ1) is 17.8. The molecule has 0 bridgehead atoms. The van der Waals surface area contributed by atoms with Gasteiger partial charge < -0.3 is 14.4 Å². The van der Waals surface area contributed by atoms with Gasteiger partial charge in [-0.1, -0.05) is 29.4 Å². The van der Waals surface area contributed by atoms with Crippen molar-refractivity contribution in [2.45, 2.75) is 25.4 Å². The van der Waals surface area contributed by atoms with Crippen molar-refractivity contribution < 1.29 is 19.2 Å². The summed E-state index contributed by atoms with van der Waals surface area (Å²) in [6.07, 6.45) is 3.02. The molecule has 0 aliphatic rings. The van der Waals surface area contributed by atoms with E-state index in [0.29, 0.717) is 11.4 Å². The van der Waals surface area contributed by atoms with Crippen molar-refractivity contribution in [3.8, 4) is 5.75 Å². The Kier molecular flexibility index (Phi) is 4.80. The van der Waals surface area contributed by atoms with Crippen LogP contribution in [0.2, 0.25) is 0 Å². The van der Waals surface area contributed by atoms with Crippen LogP contribution >= 0.6 is 0 Å². The quantitative estimate of drug-likeness (QED) is 0.498. The number of carboxylic acid groups (broad SMARTS) is 1. The zero-order valence-electron chi connectivity index (χ0n) is 15.2. The average Bonchev–Trinajstić information content (AvgIpc) is 3.38. The van der Waals surface area contributed by atoms with E-state index in [1.54, 1.807) is 12.3 Å². The Bertz CT molecular complexity index is 1070. The van der Waals surface area contributed by atoms with Crippen LogP contribution < -0.4 is 4.74 Å². The largest absolute Gasteiger partial charge is 0.486 e. The molecule has 0 aliphatic heterocycles. The van der Waals surface area contributed by atoms with Crippen LogP contribution in [0.5, 0.6) is 5.75 Å². The van der Waals surface area contributed by atoms with Crippen molar-refractivity contribution in [2.24, 2.45) is 0 Å². The summed E-state index contributed by atoms with van der Waals surface area (Å²) in [4.78, 5) is 11.2. The molecule has 2 heterocycles.